The third kappa shape index (κ3) is 2.78. The van der Waals surface area contributed by atoms with Gasteiger partial charge >= 0.3 is 6.03 Å². The minimum Gasteiger partial charge on any atom is -0.391 e. The van der Waals surface area contributed by atoms with Crippen molar-refractivity contribution >= 4 is 11.9 Å². The molecule has 0 unspecified atom stereocenters. The molecule has 2 saturated heterocycles. The average Bonchev–Trinajstić information content (AvgIpc) is 3.06. The predicted molar refractivity (Wildman–Crippen MR) is 77.6 cm³/mol. The van der Waals surface area contributed by atoms with Gasteiger partial charge in [0.15, 0.2) is 0 Å². The molecule has 0 aliphatic carbocycles. The Kier molecular flexibility index (Phi) is 3.92. The number of hydrogen-bond donors (Lipinski definition) is 1. The molecule has 1 N–H and O–H groups in total. The van der Waals surface area contributed by atoms with E-state index < -0.39 is 6.10 Å². The fourth-order valence-electron chi connectivity index (χ4n) is 3.13. The van der Waals surface area contributed by atoms with Crippen LogP contribution in [0.3, 0.4) is 0 Å². The van der Waals surface area contributed by atoms with E-state index in [-0.39, 0.29) is 24.5 Å². The highest BCUT2D eigenvalue weighted by molar-refractivity contribution is 6.04. The first-order chi connectivity index (χ1) is 10.2. The molecule has 3 amide bonds. The molecule has 2 fully saturated rings. The van der Waals surface area contributed by atoms with Crippen molar-refractivity contribution in [1.82, 2.24) is 9.80 Å². The van der Waals surface area contributed by atoms with E-state index in [9.17, 15) is 14.7 Å². The van der Waals surface area contributed by atoms with E-state index in [1.807, 2.05) is 30.3 Å². The van der Waals surface area contributed by atoms with Gasteiger partial charge in [-0.05, 0) is 31.2 Å². The summed E-state index contributed by atoms with van der Waals surface area (Å²) in [6, 6.07) is 9.38. The third-order valence-corrected chi connectivity index (χ3v) is 4.28. The molecule has 0 spiro atoms. The largest absolute Gasteiger partial charge is 0.391 e. The van der Waals surface area contributed by atoms with Crippen molar-refractivity contribution in [3.63, 3.8) is 0 Å². The summed E-state index contributed by atoms with van der Waals surface area (Å²) in [5.41, 5.74) is 1.15. The van der Waals surface area contributed by atoms with Gasteiger partial charge in [-0.2, -0.15) is 0 Å². The highest BCUT2D eigenvalue weighted by atomic mass is 16.3. The molecular weight excluding hydrogens is 268 g/mol. The van der Waals surface area contributed by atoms with Gasteiger partial charge in [0.1, 0.15) is 6.04 Å². The molecule has 5 nitrogen and oxygen atoms in total. The number of β-amino-alcohol motifs (C(OH)–C–C–N with tert-alkyl or cyclic N) is 1. The summed E-state index contributed by atoms with van der Waals surface area (Å²) in [6.07, 6.45) is 2.27. The molecule has 0 radical (unpaired) electrons. The maximum atomic E-state index is 12.2. The van der Waals surface area contributed by atoms with Crippen molar-refractivity contribution in [2.75, 3.05) is 13.1 Å². The first-order valence-electron chi connectivity index (χ1n) is 7.51. The van der Waals surface area contributed by atoms with Crippen LogP contribution in [0.25, 0.3) is 0 Å². The predicted octanol–water partition coefficient (Wildman–Crippen LogP) is 1.41. The van der Waals surface area contributed by atoms with E-state index >= 15 is 0 Å². The smallest absolute Gasteiger partial charge is 0.327 e. The number of carbonyl (C=O) groups is 2. The quantitative estimate of drug-likeness (QED) is 0.833. The fourth-order valence-corrected chi connectivity index (χ4v) is 3.13. The van der Waals surface area contributed by atoms with Crippen LogP contribution in [0.15, 0.2) is 30.3 Å². The first kappa shape index (κ1) is 14.1. The average molecular weight is 288 g/mol. The second-order valence-corrected chi connectivity index (χ2v) is 5.76. The Morgan fingerprint density at radius 3 is 2.71 bits per heavy atom. The molecule has 112 valence electrons. The van der Waals surface area contributed by atoms with Crippen molar-refractivity contribution < 1.29 is 14.7 Å². The monoisotopic (exact) mass is 288 g/mol. The molecule has 1 aromatic carbocycles. The summed E-state index contributed by atoms with van der Waals surface area (Å²) in [5.74, 6) is -0.142. The number of carbonyl (C=O) groups excluding carboxylic acids is 2. The zero-order valence-electron chi connectivity index (χ0n) is 11.9. The number of aliphatic hydroxyl groups is 1. The number of hydrogen-bond acceptors (Lipinski definition) is 3. The van der Waals surface area contributed by atoms with Crippen LogP contribution in [0.4, 0.5) is 4.79 Å². The van der Waals surface area contributed by atoms with Crippen molar-refractivity contribution in [3.05, 3.63) is 35.9 Å². The number of aryl methyl sites for hydroxylation is 1. The van der Waals surface area contributed by atoms with Crippen molar-refractivity contribution in [3.8, 4) is 0 Å². The summed E-state index contributed by atoms with van der Waals surface area (Å²) in [4.78, 5) is 27.1. The molecular formula is C16H20N2O3. The van der Waals surface area contributed by atoms with Crippen LogP contribution in [0.5, 0.6) is 0 Å². The SMILES string of the molecule is O=C1[C@H]2CCCN2C(=O)N1C[C@@H](O)CCc1ccccc1. The van der Waals surface area contributed by atoms with Gasteiger partial charge in [0.2, 0.25) is 0 Å². The fraction of sp³-hybridized carbons (Fsp3) is 0.500. The normalized spacial score (nSPS) is 22.8. The van der Waals surface area contributed by atoms with Gasteiger partial charge in [-0.3, -0.25) is 9.69 Å². The second kappa shape index (κ2) is 5.85. The van der Waals surface area contributed by atoms with Gasteiger partial charge in [-0.25, -0.2) is 4.79 Å². The molecule has 3 rings (SSSR count). The minimum absolute atomic E-state index is 0.109. The molecule has 2 aliphatic heterocycles. The lowest BCUT2D eigenvalue weighted by Gasteiger charge is -2.19. The van der Waals surface area contributed by atoms with Crippen LogP contribution in [0.1, 0.15) is 24.8 Å². The first-order valence-corrected chi connectivity index (χ1v) is 7.51. The lowest BCUT2D eigenvalue weighted by Crippen LogP contribution is -2.39. The summed E-state index contributed by atoms with van der Waals surface area (Å²) in [5, 5.41) is 10.1. The second-order valence-electron chi connectivity index (χ2n) is 5.76. The van der Waals surface area contributed by atoms with E-state index in [2.05, 4.69) is 0 Å². The number of fused-ring (bicyclic) bond motifs is 1. The number of imide groups is 1. The van der Waals surface area contributed by atoms with Crippen LogP contribution >= 0.6 is 0 Å². The molecule has 2 aliphatic rings. The van der Waals surface area contributed by atoms with Crippen LogP contribution in [0.2, 0.25) is 0 Å². The molecule has 5 heteroatoms. The molecule has 0 bridgehead atoms. The molecule has 0 saturated carbocycles. The summed E-state index contributed by atoms with van der Waals surface area (Å²) in [7, 11) is 0. The maximum absolute atomic E-state index is 12.2. The Morgan fingerprint density at radius 1 is 1.24 bits per heavy atom. The lowest BCUT2D eigenvalue weighted by molar-refractivity contribution is -0.128. The Labute approximate surface area is 124 Å². The number of rotatable bonds is 5. The number of nitrogens with zero attached hydrogens (tertiary/aromatic N) is 2. The lowest BCUT2D eigenvalue weighted by atomic mass is 10.1. The molecule has 2 atom stereocenters. The minimum atomic E-state index is -0.668. The van der Waals surface area contributed by atoms with Gasteiger partial charge < -0.3 is 10.0 Å². The standard InChI is InChI=1S/C16H20N2O3/c19-13(9-8-12-5-2-1-3-6-12)11-18-15(20)14-7-4-10-17(14)16(18)21/h1-3,5-6,13-14,19H,4,7-11H2/t13-,14+/m0/s1. The van der Waals surface area contributed by atoms with Crippen molar-refractivity contribution in [2.45, 2.75) is 37.8 Å². The third-order valence-electron chi connectivity index (χ3n) is 4.28. The van der Waals surface area contributed by atoms with E-state index in [1.165, 1.54) is 4.90 Å². The van der Waals surface area contributed by atoms with Crippen LogP contribution in [-0.4, -0.2) is 52.1 Å². The Bertz CT molecular complexity index is 510. The zero-order chi connectivity index (χ0) is 14.8. The number of amides is 3. The van der Waals surface area contributed by atoms with Crippen molar-refractivity contribution in [2.24, 2.45) is 0 Å². The number of aliphatic hydroxyl groups excluding tert-OH is 1. The highest BCUT2D eigenvalue weighted by Crippen LogP contribution is 2.27. The van der Waals surface area contributed by atoms with E-state index in [0.29, 0.717) is 13.0 Å². The zero-order valence-corrected chi connectivity index (χ0v) is 11.9. The van der Waals surface area contributed by atoms with Gasteiger partial charge in [-0.15, -0.1) is 0 Å². The molecule has 0 aromatic heterocycles. The van der Waals surface area contributed by atoms with E-state index in [0.717, 1.165) is 24.8 Å². The van der Waals surface area contributed by atoms with Gasteiger partial charge in [0.05, 0.1) is 12.6 Å². The van der Waals surface area contributed by atoms with E-state index in [4.69, 9.17) is 0 Å². The van der Waals surface area contributed by atoms with Gasteiger partial charge in [0.25, 0.3) is 5.91 Å². The molecule has 2 heterocycles. The summed E-state index contributed by atoms with van der Waals surface area (Å²) in [6.45, 7) is 0.767. The number of urea groups is 1. The van der Waals surface area contributed by atoms with Crippen LogP contribution in [0, 0.1) is 0 Å². The van der Waals surface area contributed by atoms with Crippen molar-refractivity contribution in [1.29, 1.82) is 0 Å². The maximum Gasteiger partial charge on any atom is 0.327 e. The Hall–Kier alpha value is -1.88. The van der Waals surface area contributed by atoms with Crippen LogP contribution in [-0.2, 0) is 11.2 Å². The van der Waals surface area contributed by atoms with Gasteiger partial charge in [0, 0.05) is 6.54 Å². The summed E-state index contributed by atoms with van der Waals surface area (Å²) < 4.78 is 0. The Balaban J connectivity index is 1.54. The van der Waals surface area contributed by atoms with Crippen LogP contribution < -0.4 is 0 Å². The topological polar surface area (TPSA) is 60.9 Å². The highest BCUT2D eigenvalue weighted by Gasteiger charge is 2.47. The summed E-state index contributed by atoms with van der Waals surface area (Å²) >= 11 is 0. The molecule has 21 heavy (non-hydrogen) atoms. The number of benzene rings is 1. The Morgan fingerprint density at radius 2 is 2.00 bits per heavy atom. The van der Waals surface area contributed by atoms with E-state index in [1.54, 1.807) is 4.90 Å². The van der Waals surface area contributed by atoms with Gasteiger partial charge in [-0.1, -0.05) is 30.3 Å². The molecule has 1 aromatic rings.